The van der Waals surface area contributed by atoms with Crippen LogP contribution in [0, 0.1) is 5.82 Å². The van der Waals surface area contributed by atoms with Crippen molar-refractivity contribution >= 4 is 17.3 Å². The monoisotopic (exact) mass is 336 g/mol. The molecule has 2 rings (SSSR count). The van der Waals surface area contributed by atoms with Gasteiger partial charge in [0, 0.05) is 5.56 Å². The zero-order valence-corrected chi connectivity index (χ0v) is 13.4. The number of nitrogens with one attached hydrogen (secondary N) is 2. The predicted molar refractivity (Wildman–Crippen MR) is 85.6 cm³/mol. The lowest BCUT2D eigenvalue weighted by molar-refractivity contribution is 0.0944. The molecule has 23 heavy (non-hydrogen) atoms. The van der Waals surface area contributed by atoms with E-state index in [4.69, 9.17) is 4.74 Å². The molecule has 0 bridgehead atoms. The first-order valence-electron chi connectivity index (χ1n) is 7.07. The number of hydrogen-bond acceptors (Lipinski definition) is 4. The van der Waals surface area contributed by atoms with Crippen molar-refractivity contribution in [3.63, 3.8) is 0 Å². The van der Waals surface area contributed by atoms with Crippen molar-refractivity contribution in [3.05, 3.63) is 59.9 Å². The van der Waals surface area contributed by atoms with E-state index in [1.807, 2.05) is 6.92 Å². The van der Waals surface area contributed by atoms with Gasteiger partial charge in [0.05, 0.1) is 6.61 Å². The molecule has 2 aromatic carbocycles. The number of ether oxygens (including phenoxy) is 1. The van der Waals surface area contributed by atoms with Crippen LogP contribution in [0.4, 0.5) is 4.39 Å². The molecule has 1 atom stereocenters. The Morgan fingerprint density at radius 2 is 2.04 bits per heavy atom. The largest absolute Gasteiger partial charge is 0.591 e. The van der Waals surface area contributed by atoms with Gasteiger partial charge in [-0.3, -0.25) is 4.79 Å². The fourth-order valence-corrected chi connectivity index (χ4v) is 2.50. The molecule has 5 nitrogen and oxygen atoms in total. The van der Waals surface area contributed by atoms with E-state index in [1.165, 1.54) is 18.2 Å². The number of rotatable bonds is 7. The molecule has 0 radical (unpaired) electrons. The molecule has 0 aromatic heterocycles. The van der Waals surface area contributed by atoms with E-state index in [0.29, 0.717) is 17.9 Å². The Kier molecular flexibility index (Phi) is 6.40. The summed E-state index contributed by atoms with van der Waals surface area (Å²) in [5.74, 6) is -0.520. The van der Waals surface area contributed by atoms with Gasteiger partial charge in [-0.05, 0) is 41.6 Å². The van der Waals surface area contributed by atoms with Crippen molar-refractivity contribution < 1.29 is 18.5 Å². The van der Waals surface area contributed by atoms with Gasteiger partial charge in [-0.25, -0.2) is 9.82 Å². The summed E-state index contributed by atoms with van der Waals surface area (Å²) in [7, 11) is 0. The van der Waals surface area contributed by atoms with Crippen LogP contribution >= 0.6 is 0 Å². The highest BCUT2D eigenvalue weighted by Gasteiger charge is 2.17. The van der Waals surface area contributed by atoms with Crippen LogP contribution in [0.2, 0.25) is 0 Å². The van der Waals surface area contributed by atoms with Crippen LogP contribution in [-0.4, -0.2) is 17.1 Å². The van der Waals surface area contributed by atoms with E-state index in [-0.39, 0.29) is 4.90 Å². The van der Waals surface area contributed by atoms with Gasteiger partial charge in [0.1, 0.15) is 17.1 Å². The number of carbonyl (C=O) groups excluding carboxylic acids is 1. The van der Waals surface area contributed by atoms with Crippen LogP contribution in [0.15, 0.2) is 53.4 Å². The Labute approximate surface area is 137 Å². The van der Waals surface area contributed by atoms with Gasteiger partial charge in [-0.1, -0.05) is 25.1 Å². The second kappa shape index (κ2) is 8.52. The van der Waals surface area contributed by atoms with E-state index in [9.17, 15) is 13.7 Å². The summed E-state index contributed by atoms with van der Waals surface area (Å²) < 4.78 is 30.9. The molecule has 1 amide bonds. The lowest BCUT2D eigenvalue weighted by Gasteiger charge is -2.12. The van der Waals surface area contributed by atoms with E-state index < -0.39 is 23.1 Å². The fourth-order valence-electron chi connectivity index (χ4n) is 1.76. The van der Waals surface area contributed by atoms with Gasteiger partial charge in [0.2, 0.25) is 4.90 Å². The van der Waals surface area contributed by atoms with E-state index in [0.717, 1.165) is 6.42 Å². The fraction of sp³-hybridized carbons (Fsp3) is 0.188. The van der Waals surface area contributed by atoms with Gasteiger partial charge in [0.15, 0.2) is 5.82 Å². The number of amides is 1. The molecule has 2 aromatic rings. The Morgan fingerprint density at radius 3 is 2.78 bits per heavy atom. The first kappa shape index (κ1) is 17.3. The molecule has 0 aliphatic rings. The summed E-state index contributed by atoms with van der Waals surface area (Å²) >= 11 is -1.89. The zero-order chi connectivity index (χ0) is 16.7. The summed E-state index contributed by atoms with van der Waals surface area (Å²) in [5, 5.41) is 0. The first-order valence-corrected chi connectivity index (χ1v) is 8.22. The Bertz CT molecular complexity index is 669. The summed E-state index contributed by atoms with van der Waals surface area (Å²) in [6.45, 7) is 2.54. The molecular weight excluding hydrogens is 319 g/mol. The van der Waals surface area contributed by atoms with Gasteiger partial charge in [0.25, 0.3) is 5.91 Å². The number of carbonyl (C=O) groups is 1. The molecule has 0 heterocycles. The SMILES string of the molecule is CCCOc1cccc(C(=O)NN[S+]([O-])c2ccccc2F)c1. The summed E-state index contributed by atoms with van der Waals surface area (Å²) in [6.07, 6.45) is 0.861. The third-order valence-electron chi connectivity index (χ3n) is 2.86. The van der Waals surface area contributed by atoms with Crippen LogP contribution < -0.4 is 15.0 Å². The maximum Gasteiger partial charge on any atom is 0.268 e. The van der Waals surface area contributed by atoms with Crippen LogP contribution in [0.25, 0.3) is 0 Å². The minimum atomic E-state index is -1.89. The predicted octanol–water partition coefficient (Wildman–Crippen LogP) is 2.57. The molecule has 1 unspecified atom stereocenters. The molecule has 0 spiro atoms. The Hall–Kier alpha value is -2.09. The summed E-state index contributed by atoms with van der Waals surface area (Å²) in [4.78, 5) is 14.3. The number of hydrogen-bond donors (Lipinski definition) is 2. The van der Waals surface area contributed by atoms with Crippen molar-refractivity contribution in [2.75, 3.05) is 6.61 Å². The molecule has 7 heteroatoms. The Balaban J connectivity index is 1.95. The van der Waals surface area contributed by atoms with Gasteiger partial charge in [-0.2, -0.15) is 0 Å². The topological polar surface area (TPSA) is 73.4 Å². The van der Waals surface area contributed by atoms with Crippen molar-refractivity contribution in [1.29, 1.82) is 0 Å². The highest BCUT2D eigenvalue weighted by molar-refractivity contribution is 7.89. The van der Waals surface area contributed by atoms with Crippen LogP contribution in [0.5, 0.6) is 5.75 Å². The third kappa shape index (κ3) is 4.95. The van der Waals surface area contributed by atoms with E-state index in [2.05, 4.69) is 10.3 Å². The third-order valence-corrected chi connectivity index (χ3v) is 3.88. The quantitative estimate of drug-likeness (QED) is 0.602. The molecular formula is C16H17FN2O3S. The maximum atomic E-state index is 13.5. The van der Waals surface area contributed by atoms with Crippen LogP contribution in [0.3, 0.4) is 0 Å². The van der Waals surface area contributed by atoms with Crippen molar-refractivity contribution in [1.82, 2.24) is 10.3 Å². The molecule has 0 aliphatic carbocycles. The average molecular weight is 336 g/mol. The van der Waals surface area contributed by atoms with Gasteiger partial charge >= 0.3 is 0 Å². The highest BCUT2D eigenvalue weighted by Crippen LogP contribution is 2.14. The summed E-state index contributed by atoms with van der Waals surface area (Å²) in [6, 6.07) is 12.3. The minimum Gasteiger partial charge on any atom is -0.591 e. The molecule has 0 saturated carbocycles. The van der Waals surface area contributed by atoms with Gasteiger partial charge < -0.3 is 9.29 Å². The highest BCUT2D eigenvalue weighted by atomic mass is 32.2. The number of hydrazine groups is 1. The normalized spacial score (nSPS) is 11.8. The average Bonchev–Trinajstić information content (AvgIpc) is 2.58. The Morgan fingerprint density at radius 1 is 1.26 bits per heavy atom. The van der Waals surface area contributed by atoms with Crippen molar-refractivity contribution in [2.45, 2.75) is 18.2 Å². The summed E-state index contributed by atoms with van der Waals surface area (Å²) in [5.41, 5.74) is 2.64. The second-order valence-corrected chi connectivity index (χ2v) is 5.81. The first-order chi connectivity index (χ1) is 11.1. The number of halogens is 1. The van der Waals surface area contributed by atoms with E-state index in [1.54, 1.807) is 30.3 Å². The van der Waals surface area contributed by atoms with Crippen molar-refractivity contribution in [3.8, 4) is 5.75 Å². The van der Waals surface area contributed by atoms with E-state index >= 15 is 0 Å². The molecule has 0 fully saturated rings. The van der Waals surface area contributed by atoms with Crippen LogP contribution in [0.1, 0.15) is 23.7 Å². The molecule has 0 aliphatic heterocycles. The second-order valence-electron chi connectivity index (χ2n) is 4.63. The lowest BCUT2D eigenvalue weighted by atomic mass is 10.2. The molecule has 2 N–H and O–H groups in total. The van der Waals surface area contributed by atoms with Crippen molar-refractivity contribution in [2.24, 2.45) is 0 Å². The number of benzene rings is 2. The maximum absolute atomic E-state index is 13.5. The molecule has 0 saturated heterocycles. The minimum absolute atomic E-state index is 0.0344. The van der Waals surface area contributed by atoms with Crippen LogP contribution in [-0.2, 0) is 11.4 Å². The smallest absolute Gasteiger partial charge is 0.268 e. The van der Waals surface area contributed by atoms with Gasteiger partial charge in [-0.15, -0.1) is 0 Å². The standard InChI is InChI=1S/C16H17FN2O3S/c1-2-10-22-13-7-5-6-12(11-13)16(20)18-19-23(21)15-9-4-3-8-14(15)17/h3-9,11,19H,2,10H2,1H3,(H,18,20). The lowest BCUT2D eigenvalue weighted by Crippen LogP contribution is -2.41. The zero-order valence-electron chi connectivity index (χ0n) is 12.5. The molecule has 122 valence electrons.